The summed E-state index contributed by atoms with van der Waals surface area (Å²) < 4.78 is 0. The van der Waals surface area contributed by atoms with Crippen LogP contribution in [0.15, 0.2) is 55.9 Å². The smallest absolute Gasteiger partial charge is 0.161 e. The molecule has 0 bridgehead atoms. The summed E-state index contributed by atoms with van der Waals surface area (Å²) in [6.45, 7) is 11.9. The lowest BCUT2D eigenvalue weighted by Gasteiger charge is -2.09. The van der Waals surface area contributed by atoms with Crippen LogP contribution in [0.5, 0.6) is 0 Å². The molecule has 1 aromatic carbocycles. The Morgan fingerprint density at radius 1 is 1.10 bits per heavy atom. The SMILES string of the molecule is C=Cc1nc(-c2[nH]ncc2Nc2ccnc(-c3cccc(C(C)C)c3)n2)[nH]c1C=C. The minimum Gasteiger partial charge on any atom is -0.337 e. The van der Waals surface area contributed by atoms with Crippen molar-refractivity contribution in [2.75, 3.05) is 5.32 Å². The zero-order chi connectivity index (χ0) is 21.1. The van der Waals surface area contributed by atoms with Gasteiger partial charge < -0.3 is 10.3 Å². The molecule has 0 aliphatic heterocycles. The Morgan fingerprint density at radius 3 is 2.70 bits per heavy atom. The monoisotopic (exact) mass is 397 g/mol. The fourth-order valence-corrected chi connectivity index (χ4v) is 3.13. The average Bonchev–Trinajstić information content (AvgIpc) is 3.40. The first-order valence-corrected chi connectivity index (χ1v) is 9.68. The first-order chi connectivity index (χ1) is 14.6. The van der Waals surface area contributed by atoms with Gasteiger partial charge in [0.25, 0.3) is 0 Å². The lowest BCUT2D eigenvalue weighted by atomic mass is 10.0. The van der Waals surface area contributed by atoms with Gasteiger partial charge in [-0.25, -0.2) is 15.0 Å². The first-order valence-electron chi connectivity index (χ1n) is 9.68. The van der Waals surface area contributed by atoms with Crippen molar-refractivity contribution in [3.8, 4) is 22.9 Å². The Balaban J connectivity index is 1.64. The Bertz CT molecular complexity index is 1170. The molecule has 3 heterocycles. The average molecular weight is 397 g/mol. The Hall–Kier alpha value is -4.00. The van der Waals surface area contributed by atoms with E-state index in [1.54, 1.807) is 24.5 Å². The predicted octanol–water partition coefficient (Wildman–Crippen LogP) is 5.41. The van der Waals surface area contributed by atoms with Crippen molar-refractivity contribution in [2.24, 2.45) is 0 Å². The van der Waals surface area contributed by atoms with Gasteiger partial charge in [-0.3, -0.25) is 5.10 Å². The van der Waals surface area contributed by atoms with Gasteiger partial charge in [0.15, 0.2) is 11.6 Å². The molecule has 0 unspecified atom stereocenters. The molecule has 0 spiro atoms. The molecular formula is C23H23N7. The van der Waals surface area contributed by atoms with E-state index >= 15 is 0 Å². The Kier molecular flexibility index (Phi) is 5.26. The second kappa shape index (κ2) is 8.16. The highest BCUT2D eigenvalue weighted by molar-refractivity contribution is 5.75. The summed E-state index contributed by atoms with van der Waals surface area (Å²) in [6.07, 6.45) is 6.83. The molecule has 3 N–H and O–H groups in total. The molecule has 0 saturated heterocycles. The van der Waals surface area contributed by atoms with Gasteiger partial charge in [-0.05, 0) is 35.8 Å². The molecule has 0 saturated carbocycles. The number of benzene rings is 1. The largest absolute Gasteiger partial charge is 0.337 e. The normalized spacial score (nSPS) is 10.9. The zero-order valence-corrected chi connectivity index (χ0v) is 17.0. The van der Waals surface area contributed by atoms with Crippen molar-refractivity contribution in [3.05, 3.63) is 72.8 Å². The van der Waals surface area contributed by atoms with E-state index in [1.807, 2.05) is 18.2 Å². The molecular weight excluding hydrogens is 374 g/mol. The van der Waals surface area contributed by atoms with Crippen molar-refractivity contribution in [3.63, 3.8) is 0 Å². The molecule has 4 aromatic rings. The van der Waals surface area contributed by atoms with E-state index in [1.165, 1.54) is 5.56 Å². The summed E-state index contributed by atoms with van der Waals surface area (Å²) >= 11 is 0. The second-order valence-electron chi connectivity index (χ2n) is 7.12. The molecule has 0 fully saturated rings. The Labute approximate surface area is 175 Å². The standard InChI is InChI=1S/C23H23N7/c1-5-17-18(6-2)28-23(27-17)21-19(13-25-30-21)26-20-10-11-24-22(29-20)16-9-7-8-15(12-16)14(3)4/h5-14H,1-2H2,3-4H3,(H,25,30)(H,27,28)(H,24,26,29). The molecule has 30 heavy (non-hydrogen) atoms. The van der Waals surface area contributed by atoms with Gasteiger partial charge in [-0.2, -0.15) is 5.10 Å². The quantitative estimate of drug-likeness (QED) is 0.387. The molecule has 0 aliphatic rings. The number of imidazole rings is 1. The minimum absolute atomic E-state index is 0.439. The second-order valence-corrected chi connectivity index (χ2v) is 7.12. The molecule has 7 heteroatoms. The van der Waals surface area contributed by atoms with Crippen molar-refractivity contribution in [2.45, 2.75) is 19.8 Å². The van der Waals surface area contributed by atoms with Gasteiger partial charge >= 0.3 is 0 Å². The van der Waals surface area contributed by atoms with Gasteiger partial charge in [0.05, 0.1) is 23.3 Å². The summed E-state index contributed by atoms with van der Waals surface area (Å²) in [5.41, 5.74) is 5.23. The topological polar surface area (TPSA) is 95.2 Å². The van der Waals surface area contributed by atoms with Gasteiger partial charge in [-0.15, -0.1) is 0 Å². The molecule has 3 aromatic heterocycles. The van der Waals surface area contributed by atoms with Crippen molar-refractivity contribution in [1.29, 1.82) is 0 Å². The van der Waals surface area contributed by atoms with E-state index in [9.17, 15) is 0 Å². The Morgan fingerprint density at radius 2 is 1.97 bits per heavy atom. The summed E-state index contributed by atoms with van der Waals surface area (Å²) in [6, 6.07) is 10.1. The number of aromatic amines is 2. The van der Waals surface area contributed by atoms with Crippen LogP contribution in [0.3, 0.4) is 0 Å². The van der Waals surface area contributed by atoms with Crippen molar-refractivity contribution >= 4 is 23.7 Å². The van der Waals surface area contributed by atoms with E-state index in [4.69, 9.17) is 0 Å². The van der Waals surface area contributed by atoms with E-state index in [2.05, 4.69) is 74.6 Å². The number of nitrogens with zero attached hydrogens (tertiary/aromatic N) is 4. The lowest BCUT2D eigenvalue weighted by molar-refractivity contribution is 0.867. The predicted molar refractivity (Wildman–Crippen MR) is 121 cm³/mol. The highest BCUT2D eigenvalue weighted by Crippen LogP contribution is 2.28. The van der Waals surface area contributed by atoms with Crippen LogP contribution in [0.4, 0.5) is 11.5 Å². The van der Waals surface area contributed by atoms with Crippen LogP contribution in [-0.4, -0.2) is 30.1 Å². The van der Waals surface area contributed by atoms with Gasteiger partial charge in [-0.1, -0.05) is 45.2 Å². The summed E-state index contributed by atoms with van der Waals surface area (Å²) in [7, 11) is 0. The fraction of sp³-hybridized carbons (Fsp3) is 0.130. The van der Waals surface area contributed by atoms with Crippen LogP contribution in [0.25, 0.3) is 35.1 Å². The number of hydrogen-bond acceptors (Lipinski definition) is 5. The first kappa shape index (κ1) is 19.3. The van der Waals surface area contributed by atoms with Crippen LogP contribution >= 0.6 is 0 Å². The van der Waals surface area contributed by atoms with E-state index in [0.717, 1.165) is 22.6 Å². The van der Waals surface area contributed by atoms with Gasteiger partial charge in [0.2, 0.25) is 0 Å². The maximum atomic E-state index is 4.68. The van der Waals surface area contributed by atoms with Crippen LogP contribution < -0.4 is 5.32 Å². The van der Waals surface area contributed by atoms with E-state index in [0.29, 0.717) is 29.1 Å². The molecule has 0 radical (unpaired) electrons. The van der Waals surface area contributed by atoms with Crippen molar-refractivity contribution in [1.82, 2.24) is 30.1 Å². The van der Waals surface area contributed by atoms with E-state index < -0.39 is 0 Å². The number of hydrogen-bond donors (Lipinski definition) is 3. The third-order valence-corrected chi connectivity index (χ3v) is 4.76. The zero-order valence-electron chi connectivity index (χ0n) is 17.0. The molecule has 0 atom stereocenters. The summed E-state index contributed by atoms with van der Waals surface area (Å²) in [5, 5.41) is 10.4. The highest BCUT2D eigenvalue weighted by Gasteiger charge is 2.14. The van der Waals surface area contributed by atoms with E-state index in [-0.39, 0.29) is 0 Å². The lowest BCUT2D eigenvalue weighted by Crippen LogP contribution is -1.98. The van der Waals surface area contributed by atoms with Crippen LogP contribution in [0.2, 0.25) is 0 Å². The summed E-state index contributed by atoms with van der Waals surface area (Å²) in [5.74, 6) is 2.40. The van der Waals surface area contributed by atoms with Crippen molar-refractivity contribution < 1.29 is 0 Å². The molecule has 4 rings (SSSR count). The maximum Gasteiger partial charge on any atom is 0.161 e. The van der Waals surface area contributed by atoms with Crippen LogP contribution in [0.1, 0.15) is 36.7 Å². The molecule has 0 amide bonds. The number of aromatic nitrogens is 6. The number of H-pyrrole nitrogens is 2. The van der Waals surface area contributed by atoms with Crippen LogP contribution in [-0.2, 0) is 0 Å². The molecule has 7 nitrogen and oxygen atoms in total. The third-order valence-electron chi connectivity index (χ3n) is 4.76. The molecule has 150 valence electrons. The number of anilines is 2. The number of nitrogens with one attached hydrogen (secondary N) is 3. The summed E-state index contributed by atoms with van der Waals surface area (Å²) in [4.78, 5) is 16.9. The molecule has 0 aliphatic carbocycles. The highest BCUT2D eigenvalue weighted by atomic mass is 15.2. The maximum absolute atomic E-state index is 4.68. The van der Waals surface area contributed by atoms with Crippen LogP contribution in [0, 0.1) is 0 Å². The number of rotatable bonds is 7. The minimum atomic E-state index is 0.439. The van der Waals surface area contributed by atoms with Gasteiger partial charge in [0, 0.05) is 11.8 Å². The fourth-order valence-electron chi connectivity index (χ4n) is 3.13. The third kappa shape index (κ3) is 3.77. The van der Waals surface area contributed by atoms with Gasteiger partial charge in [0.1, 0.15) is 11.5 Å².